The number of fused-ring (bicyclic) bond motifs is 1. The molecule has 3 aromatic carbocycles. The van der Waals surface area contributed by atoms with Gasteiger partial charge in [-0.05, 0) is 55.2 Å². The molecule has 0 aromatic heterocycles. The monoisotopic (exact) mass is 595 g/mol. The standard InChI is InChI=1S/C31H34ClN3O5S/c1-3-22(2)33-30(37)27(20-23-10-5-4-6-11-23)34(21-24-15-17-25(32)18-16-24)29(36)14-9-19-35-31(38)26-12-7-8-13-28(26)41(35,39)40/h4-8,10-13,15-18,22,27H,3,9,14,19-21H2,1-2H3,(H,33,37)/t22-,27-/m0/s1. The topological polar surface area (TPSA) is 104 Å². The Hall–Kier alpha value is -3.69. The first-order chi connectivity index (χ1) is 19.6. The van der Waals surface area contributed by atoms with Crippen LogP contribution in [-0.2, 0) is 32.6 Å². The Morgan fingerprint density at radius 2 is 1.61 bits per heavy atom. The highest BCUT2D eigenvalue weighted by Gasteiger charge is 2.40. The maximum atomic E-state index is 13.8. The molecular weight excluding hydrogens is 562 g/mol. The van der Waals surface area contributed by atoms with Crippen LogP contribution in [0.1, 0.15) is 54.6 Å². The third-order valence-corrected chi connectivity index (χ3v) is 9.29. The SMILES string of the molecule is CC[C@H](C)NC(=O)[C@H](Cc1ccccc1)N(Cc1ccc(Cl)cc1)C(=O)CCCN1C(=O)c2ccccc2S1(=O)=O. The molecule has 0 aliphatic carbocycles. The van der Waals surface area contributed by atoms with E-state index in [0.29, 0.717) is 11.4 Å². The first-order valence-corrected chi connectivity index (χ1v) is 15.5. The fourth-order valence-corrected chi connectivity index (χ4v) is 6.48. The van der Waals surface area contributed by atoms with Gasteiger partial charge in [0.1, 0.15) is 10.9 Å². The van der Waals surface area contributed by atoms with Crippen LogP contribution in [0.2, 0.25) is 5.02 Å². The maximum absolute atomic E-state index is 13.8. The molecule has 1 N–H and O–H groups in total. The molecule has 0 saturated carbocycles. The van der Waals surface area contributed by atoms with Gasteiger partial charge in [0.15, 0.2) is 0 Å². The minimum absolute atomic E-state index is 0.0228. The van der Waals surface area contributed by atoms with Crippen molar-refractivity contribution in [3.05, 3.63) is 101 Å². The van der Waals surface area contributed by atoms with E-state index in [0.717, 1.165) is 21.9 Å². The molecule has 0 bridgehead atoms. The summed E-state index contributed by atoms with van der Waals surface area (Å²) in [5, 5.41) is 3.58. The Labute approximate surface area is 246 Å². The van der Waals surface area contributed by atoms with E-state index in [4.69, 9.17) is 11.6 Å². The predicted octanol–water partition coefficient (Wildman–Crippen LogP) is 4.82. The summed E-state index contributed by atoms with van der Waals surface area (Å²) in [5.41, 5.74) is 1.83. The lowest BCUT2D eigenvalue weighted by molar-refractivity contribution is -0.141. The summed E-state index contributed by atoms with van der Waals surface area (Å²) in [4.78, 5) is 41.7. The Balaban J connectivity index is 1.57. The lowest BCUT2D eigenvalue weighted by Gasteiger charge is -2.32. The van der Waals surface area contributed by atoms with Crippen molar-refractivity contribution < 1.29 is 22.8 Å². The van der Waals surface area contributed by atoms with Crippen molar-refractivity contribution in [1.29, 1.82) is 0 Å². The molecule has 0 radical (unpaired) electrons. The van der Waals surface area contributed by atoms with Gasteiger partial charge in [-0.15, -0.1) is 0 Å². The van der Waals surface area contributed by atoms with Crippen LogP contribution in [0.4, 0.5) is 0 Å². The summed E-state index contributed by atoms with van der Waals surface area (Å²) < 4.78 is 26.7. The smallest absolute Gasteiger partial charge is 0.269 e. The quantitative estimate of drug-likeness (QED) is 0.323. The normalized spacial score (nSPS) is 15.2. The second-order valence-corrected chi connectivity index (χ2v) is 12.4. The minimum atomic E-state index is -3.97. The Morgan fingerprint density at radius 3 is 2.27 bits per heavy atom. The van der Waals surface area contributed by atoms with Crippen molar-refractivity contribution in [3.63, 3.8) is 0 Å². The van der Waals surface area contributed by atoms with Crippen molar-refractivity contribution >= 4 is 39.3 Å². The van der Waals surface area contributed by atoms with Gasteiger partial charge in [-0.1, -0.05) is 73.1 Å². The van der Waals surface area contributed by atoms with Gasteiger partial charge in [0.2, 0.25) is 11.8 Å². The summed E-state index contributed by atoms with van der Waals surface area (Å²) in [5.74, 6) is -1.18. The Morgan fingerprint density at radius 1 is 0.951 bits per heavy atom. The van der Waals surface area contributed by atoms with E-state index in [2.05, 4.69) is 5.32 Å². The highest BCUT2D eigenvalue weighted by molar-refractivity contribution is 7.90. The highest BCUT2D eigenvalue weighted by Crippen LogP contribution is 2.30. The number of halogens is 1. The molecular formula is C31H34ClN3O5S. The molecule has 8 nitrogen and oxygen atoms in total. The fourth-order valence-electron chi connectivity index (χ4n) is 4.75. The lowest BCUT2D eigenvalue weighted by atomic mass is 10.0. The van der Waals surface area contributed by atoms with Crippen LogP contribution in [0.5, 0.6) is 0 Å². The molecule has 2 atom stereocenters. The number of rotatable bonds is 12. The van der Waals surface area contributed by atoms with E-state index in [1.807, 2.05) is 56.3 Å². The predicted molar refractivity (Wildman–Crippen MR) is 158 cm³/mol. The van der Waals surface area contributed by atoms with Crippen LogP contribution >= 0.6 is 11.6 Å². The molecule has 10 heteroatoms. The Bertz CT molecular complexity index is 1500. The molecule has 41 heavy (non-hydrogen) atoms. The van der Waals surface area contributed by atoms with Gasteiger partial charge in [-0.2, -0.15) is 0 Å². The van der Waals surface area contributed by atoms with Gasteiger partial charge in [-0.3, -0.25) is 14.4 Å². The molecule has 3 aromatic rings. The minimum Gasteiger partial charge on any atom is -0.352 e. The van der Waals surface area contributed by atoms with E-state index >= 15 is 0 Å². The summed E-state index contributed by atoms with van der Waals surface area (Å²) in [6.45, 7) is 3.90. The van der Waals surface area contributed by atoms with Crippen LogP contribution in [0.15, 0.2) is 83.8 Å². The number of carbonyl (C=O) groups is 3. The van der Waals surface area contributed by atoms with Crippen LogP contribution in [-0.4, -0.2) is 54.0 Å². The summed E-state index contributed by atoms with van der Waals surface area (Å²) in [7, 11) is -3.97. The van der Waals surface area contributed by atoms with Crippen LogP contribution in [0.25, 0.3) is 0 Å². The van der Waals surface area contributed by atoms with Crippen molar-refractivity contribution in [2.45, 2.75) is 63.1 Å². The maximum Gasteiger partial charge on any atom is 0.269 e. The second-order valence-electron chi connectivity index (χ2n) is 10.2. The largest absolute Gasteiger partial charge is 0.352 e. The number of nitrogens with zero attached hydrogens (tertiary/aromatic N) is 2. The number of sulfonamides is 1. The van der Waals surface area contributed by atoms with Gasteiger partial charge in [-0.25, -0.2) is 12.7 Å². The molecule has 216 valence electrons. The van der Waals surface area contributed by atoms with Crippen LogP contribution < -0.4 is 5.32 Å². The van der Waals surface area contributed by atoms with Gasteiger partial charge in [0.25, 0.3) is 15.9 Å². The number of carbonyl (C=O) groups excluding carboxylic acids is 3. The molecule has 0 fully saturated rings. The van der Waals surface area contributed by atoms with Crippen molar-refractivity contribution in [2.75, 3.05) is 6.54 Å². The number of nitrogens with one attached hydrogen (secondary N) is 1. The highest BCUT2D eigenvalue weighted by atomic mass is 35.5. The van der Waals surface area contributed by atoms with Gasteiger partial charge in [0, 0.05) is 37.0 Å². The number of hydrogen-bond donors (Lipinski definition) is 1. The lowest BCUT2D eigenvalue weighted by Crippen LogP contribution is -2.52. The van der Waals surface area contributed by atoms with Crippen molar-refractivity contribution in [1.82, 2.24) is 14.5 Å². The average molecular weight is 596 g/mol. The third-order valence-electron chi connectivity index (χ3n) is 7.20. The van der Waals surface area contributed by atoms with Crippen molar-refractivity contribution in [3.8, 4) is 0 Å². The summed E-state index contributed by atoms with van der Waals surface area (Å²) in [6.07, 6.45) is 1.09. The summed E-state index contributed by atoms with van der Waals surface area (Å²) >= 11 is 6.08. The average Bonchev–Trinajstić information content (AvgIpc) is 3.16. The van der Waals surface area contributed by atoms with E-state index in [9.17, 15) is 22.8 Å². The Kier molecular flexibility index (Phi) is 9.83. The molecule has 3 amide bonds. The molecule has 1 aliphatic rings. The van der Waals surface area contributed by atoms with Gasteiger partial charge in [0.05, 0.1) is 5.56 Å². The molecule has 0 unspecified atom stereocenters. The molecule has 1 heterocycles. The molecule has 0 spiro atoms. The first-order valence-electron chi connectivity index (χ1n) is 13.7. The van der Waals surface area contributed by atoms with E-state index in [-0.39, 0.29) is 54.2 Å². The van der Waals surface area contributed by atoms with E-state index in [1.54, 1.807) is 29.2 Å². The number of benzene rings is 3. The number of amides is 3. The van der Waals surface area contributed by atoms with E-state index in [1.165, 1.54) is 12.1 Å². The zero-order valence-electron chi connectivity index (χ0n) is 23.1. The molecule has 4 rings (SSSR count). The molecule has 1 aliphatic heterocycles. The van der Waals surface area contributed by atoms with Crippen molar-refractivity contribution in [2.24, 2.45) is 0 Å². The summed E-state index contributed by atoms with van der Waals surface area (Å²) in [6, 6.07) is 21.7. The zero-order chi connectivity index (χ0) is 29.6. The fraction of sp³-hybridized carbons (Fsp3) is 0.323. The zero-order valence-corrected chi connectivity index (χ0v) is 24.7. The first kappa shape index (κ1) is 30.3. The van der Waals surface area contributed by atoms with Crippen LogP contribution in [0.3, 0.4) is 0 Å². The van der Waals surface area contributed by atoms with Gasteiger partial charge >= 0.3 is 0 Å². The number of hydrogen-bond acceptors (Lipinski definition) is 5. The third kappa shape index (κ3) is 7.15. The van der Waals surface area contributed by atoms with Gasteiger partial charge < -0.3 is 10.2 Å². The molecule has 0 saturated heterocycles. The van der Waals surface area contributed by atoms with Crippen LogP contribution in [0, 0.1) is 0 Å². The van der Waals surface area contributed by atoms with E-state index < -0.39 is 22.0 Å². The second kappa shape index (κ2) is 13.3.